The van der Waals surface area contributed by atoms with E-state index in [0.29, 0.717) is 10.3 Å². The van der Waals surface area contributed by atoms with Gasteiger partial charge in [0.15, 0.2) is 0 Å². The highest BCUT2D eigenvalue weighted by molar-refractivity contribution is 7.24. The molecule has 0 aliphatic rings. The number of H-pyrrole nitrogens is 1. The average Bonchev–Trinajstić information content (AvgIpc) is 3.24. The summed E-state index contributed by atoms with van der Waals surface area (Å²) in [5.41, 5.74) is 2.29. The third kappa shape index (κ3) is 2.32. The lowest BCUT2D eigenvalue weighted by atomic mass is 10.1. The van der Waals surface area contributed by atoms with Gasteiger partial charge in [0.2, 0.25) is 5.95 Å². The van der Waals surface area contributed by atoms with Crippen molar-refractivity contribution in [2.45, 2.75) is 13.8 Å². The van der Waals surface area contributed by atoms with Crippen LogP contribution in [0.15, 0.2) is 17.1 Å². The summed E-state index contributed by atoms with van der Waals surface area (Å²) >= 11 is 1.33. The summed E-state index contributed by atoms with van der Waals surface area (Å²) in [4.78, 5) is 29.3. The van der Waals surface area contributed by atoms with Crippen LogP contribution in [0, 0.1) is 13.8 Å². The lowest BCUT2D eigenvalue weighted by Crippen LogP contribution is -2.21. The third-order valence-electron chi connectivity index (χ3n) is 4.02. The van der Waals surface area contributed by atoms with Crippen LogP contribution in [0.2, 0.25) is 0 Å². The van der Waals surface area contributed by atoms with E-state index in [1.807, 2.05) is 19.9 Å². The van der Waals surface area contributed by atoms with Gasteiger partial charge in [-0.25, -0.2) is 19.3 Å². The van der Waals surface area contributed by atoms with Crippen LogP contribution >= 0.6 is 11.3 Å². The van der Waals surface area contributed by atoms with Crippen LogP contribution in [0.4, 0.5) is 5.95 Å². The number of hydrogen-bond donors (Lipinski definition) is 2. The molecule has 0 aliphatic heterocycles. The highest BCUT2D eigenvalue weighted by atomic mass is 32.1. The number of ether oxygens (including phenoxy) is 1. The van der Waals surface area contributed by atoms with Crippen LogP contribution in [0.5, 0.6) is 5.75 Å². The summed E-state index contributed by atoms with van der Waals surface area (Å²) in [7, 11) is 1.60. The van der Waals surface area contributed by atoms with Gasteiger partial charge in [-0.1, -0.05) is 5.10 Å². The Bertz CT molecular complexity index is 1210. The van der Waals surface area contributed by atoms with Gasteiger partial charge in [-0.15, -0.1) is 11.3 Å². The molecule has 0 saturated carbocycles. The van der Waals surface area contributed by atoms with Gasteiger partial charge >= 0.3 is 5.69 Å². The molecule has 0 bridgehead atoms. The maximum atomic E-state index is 12.6. The first-order chi connectivity index (χ1) is 12.5. The average molecular weight is 371 g/mol. The summed E-state index contributed by atoms with van der Waals surface area (Å²) in [6.45, 7) is 3.82. The molecule has 11 heteroatoms. The fourth-order valence-electron chi connectivity index (χ4n) is 2.93. The molecular formula is C15H13N7O3S. The molecule has 4 aromatic rings. The van der Waals surface area contributed by atoms with Gasteiger partial charge in [-0.05, 0) is 35.9 Å². The Hall–Kier alpha value is -3.34. The second kappa shape index (κ2) is 5.88. The van der Waals surface area contributed by atoms with E-state index < -0.39 is 11.6 Å². The Kier molecular flexibility index (Phi) is 3.65. The topological polar surface area (TPSA) is 127 Å². The van der Waals surface area contributed by atoms with Gasteiger partial charge in [0.1, 0.15) is 10.6 Å². The van der Waals surface area contributed by atoms with Gasteiger partial charge in [-0.2, -0.15) is 0 Å². The van der Waals surface area contributed by atoms with Gasteiger partial charge in [0.25, 0.3) is 5.91 Å². The highest BCUT2D eigenvalue weighted by Gasteiger charge is 2.20. The van der Waals surface area contributed by atoms with Crippen LogP contribution in [0.25, 0.3) is 15.0 Å². The zero-order valence-electron chi connectivity index (χ0n) is 14.0. The molecule has 3 heterocycles. The highest BCUT2D eigenvalue weighted by Crippen LogP contribution is 2.36. The molecule has 0 unspecified atom stereocenters. The smallest absolute Gasteiger partial charge is 0.353 e. The number of carbonyl (C=O) groups excluding carboxylic acids is 1. The first-order valence-electron chi connectivity index (χ1n) is 7.54. The molecule has 3 aromatic heterocycles. The number of nitrogens with one attached hydrogen (secondary N) is 2. The normalized spacial score (nSPS) is 11.2. The zero-order valence-corrected chi connectivity index (χ0v) is 14.8. The number of fused-ring (bicyclic) bond motifs is 3. The maximum absolute atomic E-state index is 12.6. The lowest BCUT2D eigenvalue weighted by Gasteiger charge is -2.08. The molecule has 132 valence electrons. The summed E-state index contributed by atoms with van der Waals surface area (Å²) in [5, 5.41) is 15.4. The van der Waals surface area contributed by atoms with E-state index in [4.69, 9.17) is 4.74 Å². The van der Waals surface area contributed by atoms with Crippen molar-refractivity contribution in [3.8, 4) is 5.75 Å². The molecule has 0 atom stereocenters. The fourth-order valence-corrected chi connectivity index (χ4v) is 4.15. The van der Waals surface area contributed by atoms with Crippen molar-refractivity contribution in [1.82, 2.24) is 30.0 Å². The maximum Gasteiger partial charge on any atom is 0.353 e. The van der Waals surface area contributed by atoms with Gasteiger partial charge in [0, 0.05) is 11.8 Å². The number of anilines is 1. The van der Waals surface area contributed by atoms with Crippen molar-refractivity contribution < 1.29 is 9.53 Å². The molecule has 0 aliphatic carbocycles. The summed E-state index contributed by atoms with van der Waals surface area (Å²) in [5.74, 6) is 0.388. The molecule has 26 heavy (non-hydrogen) atoms. The predicted molar refractivity (Wildman–Crippen MR) is 95.0 cm³/mol. The molecule has 0 fully saturated rings. The SMILES string of the molecule is COc1c(C)cc2c(sc3c(C(=O)Nc4nnn[nH]4)cnc(=O)n32)c1C. The quantitative estimate of drug-likeness (QED) is 0.555. The van der Waals surface area contributed by atoms with Crippen molar-refractivity contribution in [1.29, 1.82) is 0 Å². The fraction of sp³-hybridized carbons (Fsp3) is 0.200. The Morgan fingerprint density at radius 3 is 2.88 bits per heavy atom. The van der Waals surface area contributed by atoms with Crippen molar-refractivity contribution in [3.63, 3.8) is 0 Å². The second-order valence-corrected chi connectivity index (χ2v) is 6.60. The Balaban J connectivity index is 1.99. The van der Waals surface area contributed by atoms with Gasteiger partial charge in [-0.3, -0.25) is 10.1 Å². The number of amides is 1. The van der Waals surface area contributed by atoms with E-state index in [1.54, 1.807) is 7.11 Å². The van der Waals surface area contributed by atoms with E-state index >= 15 is 0 Å². The number of hydrogen-bond acceptors (Lipinski definition) is 8. The predicted octanol–water partition coefficient (Wildman–Crippen LogP) is 1.30. The van der Waals surface area contributed by atoms with Crippen LogP contribution in [-0.2, 0) is 0 Å². The third-order valence-corrected chi connectivity index (χ3v) is 5.34. The van der Waals surface area contributed by atoms with Crippen molar-refractivity contribution in [3.05, 3.63) is 39.4 Å². The number of benzene rings is 1. The number of nitrogens with zero attached hydrogens (tertiary/aromatic N) is 5. The first kappa shape index (κ1) is 16.1. The molecule has 10 nitrogen and oxygen atoms in total. The van der Waals surface area contributed by atoms with E-state index in [1.165, 1.54) is 21.9 Å². The lowest BCUT2D eigenvalue weighted by molar-refractivity contribution is 0.102. The van der Waals surface area contributed by atoms with Crippen LogP contribution in [0.1, 0.15) is 21.5 Å². The number of tetrazole rings is 1. The molecule has 4 rings (SSSR count). The van der Waals surface area contributed by atoms with E-state index in [0.717, 1.165) is 21.6 Å². The number of carbonyl (C=O) groups is 1. The van der Waals surface area contributed by atoms with Crippen LogP contribution in [-0.4, -0.2) is 43.0 Å². The Morgan fingerprint density at radius 2 is 2.19 bits per heavy atom. The van der Waals surface area contributed by atoms with E-state index in [2.05, 4.69) is 30.9 Å². The summed E-state index contributed by atoms with van der Waals surface area (Å²) < 4.78 is 7.75. The first-order valence-corrected chi connectivity index (χ1v) is 8.36. The van der Waals surface area contributed by atoms with Crippen molar-refractivity contribution >= 4 is 38.2 Å². The standard InChI is InChI=1S/C15H13N7O3S/c1-6-4-9-11(7(2)10(6)25-3)26-13-8(5-16-15(24)22(9)13)12(23)17-14-18-20-21-19-14/h4-5H,1-3H3,(H2,17,18,19,20,21,23). The van der Waals surface area contributed by atoms with Gasteiger partial charge < -0.3 is 4.74 Å². The number of aromatic nitrogens is 6. The summed E-state index contributed by atoms with van der Waals surface area (Å²) in [6.07, 6.45) is 1.26. The monoisotopic (exact) mass is 371 g/mol. The Labute approximate surface area is 149 Å². The van der Waals surface area contributed by atoms with E-state index in [9.17, 15) is 9.59 Å². The van der Waals surface area contributed by atoms with Crippen LogP contribution in [0.3, 0.4) is 0 Å². The number of methoxy groups -OCH3 is 1. The number of aryl methyl sites for hydroxylation is 2. The molecule has 1 aromatic carbocycles. The summed E-state index contributed by atoms with van der Waals surface area (Å²) in [6, 6.07) is 1.86. The second-order valence-electron chi connectivity index (χ2n) is 5.60. The molecule has 0 saturated heterocycles. The molecular weight excluding hydrogens is 358 g/mol. The minimum Gasteiger partial charge on any atom is -0.496 e. The zero-order chi connectivity index (χ0) is 18.4. The number of thiazole rings is 1. The minimum atomic E-state index is -0.471. The molecule has 0 spiro atoms. The van der Waals surface area contributed by atoms with Crippen molar-refractivity contribution in [2.24, 2.45) is 0 Å². The molecule has 0 radical (unpaired) electrons. The van der Waals surface area contributed by atoms with Crippen molar-refractivity contribution in [2.75, 3.05) is 12.4 Å². The number of rotatable bonds is 3. The molecule has 1 amide bonds. The molecule has 2 N–H and O–H groups in total. The Morgan fingerprint density at radius 1 is 1.38 bits per heavy atom. The largest absolute Gasteiger partial charge is 0.496 e. The minimum absolute atomic E-state index is 0.106. The number of aromatic amines is 1. The van der Waals surface area contributed by atoms with E-state index in [-0.39, 0.29) is 11.5 Å². The van der Waals surface area contributed by atoms with Crippen LogP contribution < -0.4 is 15.7 Å². The van der Waals surface area contributed by atoms with Gasteiger partial charge in [0.05, 0.1) is 22.9 Å².